The summed E-state index contributed by atoms with van der Waals surface area (Å²) in [6.45, 7) is 0. The van der Waals surface area contributed by atoms with E-state index in [1.54, 1.807) is 7.05 Å². The maximum absolute atomic E-state index is 11.8. The predicted octanol–water partition coefficient (Wildman–Crippen LogP) is 0.490. The van der Waals surface area contributed by atoms with Gasteiger partial charge in [0.1, 0.15) is 12.0 Å². The van der Waals surface area contributed by atoms with E-state index < -0.39 is 0 Å². The maximum atomic E-state index is 11.8. The second-order valence-electron chi connectivity index (χ2n) is 3.65. The molecule has 0 radical (unpaired) electrons. The van der Waals surface area contributed by atoms with Gasteiger partial charge in [-0.15, -0.1) is 5.10 Å². The van der Waals surface area contributed by atoms with Crippen molar-refractivity contribution >= 4 is 5.65 Å². The molecule has 0 bridgehead atoms. The molecule has 3 rings (SSSR count). The minimum atomic E-state index is -0.260. The van der Waals surface area contributed by atoms with E-state index in [0.717, 1.165) is 5.56 Å². The summed E-state index contributed by atoms with van der Waals surface area (Å²) in [6, 6.07) is 9.58. The Kier molecular flexibility index (Phi) is 2.01. The Morgan fingerprint density at radius 2 is 1.94 bits per heavy atom. The molecule has 17 heavy (non-hydrogen) atoms. The average Bonchev–Trinajstić information content (AvgIpc) is 2.79. The molecule has 1 aromatic carbocycles. The molecule has 0 amide bonds. The summed E-state index contributed by atoms with van der Waals surface area (Å²) in [5, 5.41) is 7.75. The number of benzene rings is 1. The molecular formula is C11H9N5O. The highest BCUT2D eigenvalue weighted by atomic mass is 16.2. The number of rotatable bonds is 1. The summed E-state index contributed by atoms with van der Waals surface area (Å²) < 4.78 is 2.55. The van der Waals surface area contributed by atoms with Gasteiger partial charge in [-0.1, -0.05) is 35.5 Å². The number of imidazole rings is 1. The molecule has 0 fully saturated rings. The number of hydrogen-bond acceptors (Lipinski definition) is 4. The minimum Gasteiger partial charge on any atom is -0.245 e. The van der Waals surface area contributed by atoms with Crippen molar-refractivity contribution in [3.8, 4) is 11.3 Å². The van der Waals surface area contributed by atoms with E-state index in [0.29, 0.717) is 11.3 Å². The molecular weight excluding hydrogens is 218 g/mol. The van der Waals surface area contributed by atoms with Crippen LogP contribution >= 0.6 is 0 Å². The van der Waals surface area contributed by atoms with Gasteiger partial charge >= 0.3 is 5.69 Å². The lowest BCUT2D eigenvalue weighted by molar-refractivity contribution is 0.607. The molecule has 3 aromatic rings. The van der Waals surface area contributed by atoms with Crippen molar-refractivity contribution in [2.45, 2.75) is 0 Å². The first kappa shape index (κ1) is 9.71. The fourth-order valence-electron chi connectivity index (χ4n) is 1.68. The van der Waals surface area contributed by atoms with Crippen LogP contribution in [-0.2, 0) is 7.05 Å². The van der Waals surface area contributed by atoms with E-state index >= 15 is 0 Å². The lowest BCUT2D eigenvalue weighted by atomic mass is 10.2. The molecule has 0 N–H and O–H groups in total. The van der Waals surface area contributed by atoms with Crippen molar-refractivity contribution in [2.24, 2.45) is 7.05 Å². The first-order valence-corrected chi connectivity index (χ1v) is 5.10. The van der Waals surface area contributed by atoms with Crippen molar-refractivity contribution in [2.75, 3.05) is 0 Å². The number of aryl methyl sites for hydroxylation is 1. The lowest BCUT2D eigenvalue weighted by Gasteiger charge is -1.98. The van der Waals surface area contributed by atoms with Crippen molar-refractivity contribution in [1.82, 2.24) is 24.4 Å². The van der Waals surface area contributed by atoms with Crippen LogP contribution in [0.5, 0.6) is 0 Å². The third kappa shape index (κ3) is 1.42. The summed E-state index contributed by atoms with van der Waals surface area (Å²) in [4.78, 5) is 16.0. The third-order valence-corrected chi connectivity index (χ3v) is 2.55. The van der Waals surface area contributed by atoms with Gasteiger partial charge in [0.15, 0.2) is 5.65 Å². The van der Waals surface area contributed by atoms with Crippen molar-refractivity contribution in [1.29, 1.82) is 0 Å². The normalized spacial score (nSPS) is 10.9. The first-order valence-electron chi connectivity index (χ1n) is 5.10. The highest BCUT2D eigenvalue weighted by Gasteiger charge is 2.10. The summed E-state index contributed by atoms with van der Waals surface area (Å²) in [6.07, 6.45) is 1.47. The van der Waals surface area contributed by atoms with Crippen molar-refractivity contribution < 1.29 is 0 Å². The second kappa shape index (κ2) is 3.51. The van der Waals surface area contributed by atoms with Gasteiger partial charge in [-0.05, 0) is 0 Å². The molecule has 0 aliphatic heterocycles. The molecule has 0 saturated carbocycles. The Balaban J connectivity index is 2.34. The predicted molar refractivity (Wildman–Crippen MR) is 61.5 cm³/mol. The van der Waals surface area contributed by atoms with Crippen LogP contribution in [-0.4, -0.2) is 24.4 Å². The molecule has 84 valence electrons. The SMILES string of the molecule is Cn1nnc2c(-c3ccccc3)ncn2c1=O. The van der Waals surface area contributed by atoms with E-state index in [2.05, 4.69) is 15.3 Å². The zero-order chi connectivity index (χ0) is 11.8. The standard InChI is InChI=1S/C11H9N5O/c1-15-11(17)16-7-12-9(10(16)13-14-15)8-5-3-2-4-6-8/h2-7H,1H3. The molecule has 0 aliphatic carbocycles. The Labute approximate surface area is 96.2 Å². The van der Waals surface area contributed by atoms with Crippen LogP contribution in [0.4, 0.5) is 0 Å². The summed E-state index contributed by atoms with van der Waals surface area (Å²) in [5.74, 6) is 0. The highest BCUT2D eigenvalue weighted by molar-refractivity contribution is 5.73. The van der Waals surface area contributed by atoms with Gasteiger partial charge in [-0.25, -0.2) is 14.2 Å². The third-order valence-electron chi connectivity index (χ3n) is 2.55. The molecule has 6 heteroatoms. The van der Waals surface area contributed by atoms with Gasteiger partial charge in [0.2, 0.25) is 0 Å². The van der Waals surface area contributed by atoms with Gasteiger partial charge < -0.3 is 0 Å². The second-order valence-corrected chi connectivity index (χ2v) is 3.65. The van der Waals surface area contributed by atoms with Crippen molar-refractivity contribution in [3.63, 3.8) is 0 Å². The van der Waals surface area contributed by atoms with Gasteiger partial charge in [0.05, 0.1) is 0 Å². The molecule has 0 unspecified atom stereocenters. The van der Waals surface area contributed by atoms with Crippen LogP contribution in [0.25, 0.3) is 16.9 Å². The smallest absolute Gasteiger partial charge is 0.245 e. The molecule has 0 atom stereocenters. The Morgan fingerprint density at radius 1 is 1.18 bits per heavy atom. The number of hydrogen-bond donors (Lipinski definition) is 0. The Bertz CT molecular complexity index is 728. The van der Waals surface area contributed by atoms with Crippen LogP contribution in [0.1, 0.15) is 0 Å². The Morgan fingerprint density at radius 3 is 2.71 bits per heavy atom. The van der Waals surface area contributed by atoms with Gasteiger partial charge in [0.25, 0.3) is 0 Å². The van der Waals surface area contributed by atoms with Crippen LogP contribution < -0.4 is 5.69 Å². The zero-order valence-corrected chi connectivity index (χ0v) is 9.11. The largest absolute Gasteiger partial charge is 0.352 e. The molecule has 0 saturated heterocycles. The number of fused-ring (bicyclic) bond motifs is 1. The van der Waals surface area contributed by atoms with E-state index in [4.69, 9.17) is 0 Å². The molecule has 0 spiro atoms. The lowest BCUT2D eigenvalue weighted by Crippen LogP contribution is -2.26. The van der Waals surface area contributed by atoms with Gasteiger partial charge in [-0.2, -0.15) is 4.68 Å². The fraction of sp³-hybridized carbons (Fsp3) is 0.0909. The van der Waals surface area contributed by atoms with E-state index in [9.17, 15) is 4.79 Å². The van der Waals surface area contributed by atoms with Crippen LogP contribution in [0.15, 0.2) is 41.5 Å². The average molecular weight is 227 g/mol. The Hall–Kier alpha value is -2.50. The topological polar surface area (TPSA) is 65.1 Å². The van der Waals surface area contributed by atoms with Crippen LogP contribution in [0.3, 0.4) is 0 Å². The first-order chi connectivity index (χ1) is 8.27. The molecule has 0 aliphatic rings. The van der Waals surface area contributed by atoms with E-state index in [-0.39, 0.29) is 5.69 Å². The van der Waals surface area contributed by atoms with E-state index in [1.165, 1.54) is 15.4 Å². The van der Waals surface area contributed by atoms with E-state index in [1.807, 2.05) is 30.3 Å². The fourth-order valence-corrected chi connectivity index (χ4v) is 1.68. The summed E-state index contributed by atoms with van der Waals surface area (Å²) in [5.41, 5.74) is 1.79. The summed E-state index contributed by atoms with van der Waals surface area (Å²) >= 11 is 0. The quantitative estimate of drug-likeness (QED) is 0.607. The molecule has 6 nitrogen and oxygen atoms in total. The zero-order valence-electron chi connectivity index (χ0n) is 9.11. The summed E-state index contributed by atoms with van der Waals surface area (Å²) in [7, 11) is 1.55. The number of nitrogens with zero attached hydrogens (tertiary/aromatic N) is 5. The van der Waals surface area contributed by atoms with Gasteiger partial charge in [-0.3, -0.25) is 0 Å². The minimum absolute atomic E-state index is 0.260. The molecule has 2 aromatic heterocycles. The van der Waals surface area contributed by atoms with Crippen LogP contribution in [0.2, 0.25) is 0 Å². The number of aromatic nitrogens is 5. The maximum Gasteiger partial charge on any atom is 0.352 e. The monoisotopic (exact) mass is 227 g/mol. The van der Waals surface area contributed by atoms with Crippen LogP contribution in [0, 0.1) is 0 Å². The molecule has 2 heterocycles. The van der Waals surface area contributed by atoms with Gasteiger partial charge in [0, 0.05) is 12.6 Å². The highest BCUT2D eigenvalue weighted by Crippen LogP contribution is 2.19. The van der Waals surface area contributed by atoms with Crippen molar-refractivity contribution in [3.05, 3.63) is 47.1 Å².